The highest BCUT2D eigenvalue weighted by Gasteiger charge is 2.08. The molecule has 0 aliphatic carbocycles. The van der Waals surface area contributed by atoms with Crippen molar-refractivity contribution in [1.82, 2.24) is 5.43 Å². The zero-order chi connectivity index (χ0) is 22.3. The van der Waals surface area contributed by atoms with Crippen LogP contribution in [0.3, 0.4) is 0 Å². The molecular formula is C26H21ClN2O3. The van der Waals surface area contributed by atoms with Gasteiger partial charge >= 0.3 is 0 Å². The lowest BCUT2D eigenvalue weighted by atomic mass is 10.1. The van der Waals surface area contributed by atoms with Gasteiger partial charge in [-0.1, -0.05) is 60.1 Å². The third kappa shape index (κ3) is 5.07. The second-order valence-electron chi connectivity index (χ2n) is 7.05. The van der Waals surface area contributed by atoms with Gasteiger partial charge < -0.3 is 9.47 Å². The molecule has 0 radical (unpaired) electrons. The Bertz CT molecular complexity index is 1280. The molecule has 32 heavy (non-hydrogen) atoms. The predicted octanol–water partition coefficient (Wildman–Crippen LogP) is 5.84. The molecule has 4 aromatic rings. The lowest BCUT2D eigenvalue weighted by molar-refractivity contribution is 0.0955. The van der Waals surface area contributed by atoms with Gasteiger partial charge in [0.25, 0.3) is 5.91 Å². The Hall–Kier alpha value is -3.83. The van der Waals surface area contributed by atoms with E-state index in [4.69, 9.17) is 21.1 Å². The van der Waals surface area contributed by atoms with Crippen molar-refractivity contribution in [1.29, 1.82) is 0 Å². The monoisotopic (exact) mass is 444 g/mol. The zero-order valence-electron chi connectivity index (χ0n) is 17.4. The van der Waals surface area contributed by atoms with Gasteiger partial charge in [0.15, 0.2) is 11.5 Å². The first-order valence-electron chi connectivity index (χ1n) is 10.0. The van der Waals surface area contributed by atoms with Crippen LogP contribution in [0, 0.1) is 0 Å². The van der Waals surface area contributed by atoms with E-state index >= 15 is 0 Å². The maximum absolute atomic E-state index is 12.2. The molecule has 1 N–H and O–H groups in total. The van der Waals surface area contributed by atoms with E-state index in [0.29, 0.717) is 28.7 Å². The highest BCUT2D eigenvalue weighted by molar-refractivity contribution is 6.30. The van der Waals surface area contributed by atoms with Crippen LogP contribution in [0.4, 0.5) is 0 Å². The molecule has 0 aliphatic rings. The Kier molecular flexibility index (Phi) is 6.68. The fraction of sp³-hybridized carbons (Fsp3) is 0.0769. The summed E-state index contributed by atoms with van der Waals surface area (Å²) in [5.74, 6) is 0.862. The average molecular weight is 445 g/mol. The van der Waals surface area contributed by atoms with Crippen LogP contribution in [-0.2, 0) is 6.61 Å². The summed E-state index contributed by atoms with van der Waals surface area (Å²) >= 11 is 5.93. The molecule has 4 aromatic carbocycles. The first-order chi connectivity index (χ1) is 15.6. The molecule has 1 amide bonds. The molecule has 0 unspecified atom stereocenters. The number of fused-ring (bicyclic) bond motifs is 1. The average Bonchev–Trinajstić information content (AvgIpc) is 2.82. The molecule has 4 rings (SSSR count). The molecule has 5 nitrogen and oxygen atoms in total. The summed E-state index contributed by atoms with van der Waals surface area (Å²) < 4.78 is 11.5. The van der Waals surface area contributed by atoms with Crippen molar-refractivity contribution in [2.75, 3.05) is 7.11 Å². The van der Waals surface area contributed by atoms with Crippen LogP contribution in [0.5, 0.6) is 11.5 Å². The number of nitrogens with one attached hydrogen (secondary N) is 1. The first kappa shape index (κ1) is 21.4. The van der Waals surface area contributed by atoms with Gasteiger partial charge in [-0.3, -0.25) is 4.79 Å². The summed E-state index contributed by atoms with van der Waals surface area (Å²) in [6.45, 7) is 0.393. The number of methoxy groups -OCH3 is 1. The van der Waals surface area contributed by atoms with Crippen LogP contribution in [0.2, 0.25) is 5.02 Å². The maximum Gasteiger partial charge on any atom is 0.271 e. The fourth-order valence-corrected chi connectivity index (χ4v) is 3.51. The summed E-state index contributed by atoms with van der Waals surface area (Å²) in [5, 5.41) is 6.84. The van der Waals surface area contributed by atoms with E-state index in [1.54, 1.807) is 43.7 Å². The molecule has 160 valence electrons. The fourth-order valence-electron chi connectivity index (χ4n) is 3.32. The molecular weight excluding hydrogens is 424 g/mol. The third-order valence-electron chi connectivity index (χ3n) is 4.92. The van der Waals surface area contributed by atoms with Gasteiger partial charge in [-0.05, 0) is 58.3 Å². The van der Waals surface area contributed by atoms with Gasteiger partial charge in [-0.2, -0.15) is 5.10 Å². The van der Waals surface area contributed by atoms with Crippen molar-refractivity contribution in [2.24, 2.45) is 5.10 Å². The number of benzene rings is 4. The molecule has 0 bridgehead atoms. The first-order valence-corrected chi connectivity index (χ1v) is 10.4. The van der Waals surface area contributed by atoms with Crippen LogP contribution in [-0.4, -0.2) is 19.2 Å². The summed E-state index contributed by atoms with van der Waals surface area (Å²) in [4.78, 5) is 12.2. The van der Waals surface area contributed by atoms with Crippen molar-refractivity contribution < 1.29 is 14.3 Å². The molecule has 0 saturated heterocycles. The van der Waals surface area contributed by atoms with Gasteiger partial charge in [-0.15, -0.1) is 0 Å². The molecule has 0 fully saturated rings. The molecule has 0 heterocycles. The number of hydrazone groups is 1. The Morgan fingerprint density at radius 3 is 2.62 bits per heavy atom. The van der Waals surface area contributed by atoms with E-state index in [2.05, 4.69) is 28.7 Å². The topological polar surface area (TPSA) is 59.9 Å². The standard InChI is InChI=1S/C26H21ClN2O3/c1-31-24-13-12-18(16-28-29-26(30)20-8-5-10-22(27)15-20)14-25(24)32-17-21-9-4-7-19-6-2-3-11-23(19)21/h2-16H,17H2,1H3,(H,29,30)/b28-16-. The van der Waals surface area contributed by atoms with Crippen LogP contribution in [0.25, 0.3) is 10.8 Å². The van der Waals surface area contributed by atoms with Crippen LogP contribution in [0.1, 0.15) is 21.5 Å². The number of rotatable bonds is 7. The van der Waals surface area contributed by atoms with Crippen molar-refractivity contribution >= 4 is 34.5 Å². The molecule has 6 heteroatoms. The minimum Gasteiger partial charge on any atom is -0.493 e. The van der Waals surface area contributed by atoms with Gasteiger partial charge in [0.2, 0.25) is 0 Å². The van der Waals surface area contributed by atoms with Gasteiger partial charge in [-0.25, -0.2) is 5.43 Å². The van der Waals surface area contributed by atoms with Crippen molar-refractivity contribution in [3.05, 3.63) is 107 Å². The lowest BCUT2D eigenvalue weighted by Gasteiger charge is -2.13. The number of amides is 1. The lowest BCUT2D eigenvalue weighted by Crippen LogP contribution is -2.17. The molecule has 0 atom stereocenters. The Morgan fingerprint density at radius 2 is 1.78 bits per heavy atom. The number of hydrogen-bond donors (Lipinski definition) is 1. The van der Waals surface area contributed by atoms with Crippen molar-refractivity contribution in [2.45, 2.75) is 6.61 Å². The number of halogens is 1. The zero-order valence-corrected chi connectivity index (χ0v) is 18.2. The maximum atomic E-state index is 12.2. The van der Waals surface area contributed by atoms with E-state index in [-0.39, 0.29) is 5.91 Å². The van der Waals surface area contributed by atoms with Crippen molar-refractivity contribution in [3.63, 3.8) is 0 Å². The smallest absolute Gasteiger partial charge is 0.271 e. The van der Waals surface area contributed by atoms with E-state index in [9.17, 15) is 4.79 Å². The van der Waals surface area contributed by atoms with Gasteiger partial charge in [0, 0.05) is 10.6 Å². The molecule has 0 spiro atoms. The minimum atomic E-state index is -0.343. The summed E-state index contributed by atoms with van der Waals surface area (Å²) in [6.07, 6.45) is 1.55. The van der Waals surface area contributed by atoms with Gasteiger partial charge in [0.05, 0.1) is 13.3 Å². The summed E-state index contributed by atoms with van der Waals surface area (Å²) in [7, 11) is 1.60. The van der Waals surface area contributed by atoms with Crippen LogP contribution >= 0.6 is 11.6 Å². The van der Waals surface area contributed by atoms with Gasteiger partial charge in [0.1, 0.15) is 6.61 Å². The van der Waals surface area contributed by atoms with Crippen molar-refractivity contribution in [3.8, 4) is 11.5 Å². The number of carbonyl (C=O) groups is 1. The highest BCUT2D eigenvalue weighted by Crippen LogP contribution is 2.29. The largest absolute Gasteiger partial charge is 0.493 e. The molecule has 0 aromatic heterocycles. The Balaban J connectivity index is 1.47. The second-order valence-corrected chi connectivity index (χ2v) is 7.48. The van der Waals surface area contributed by atoms with E-state index < -0.39 is 0 Å². The number of carbonyl (C=O) groups excluding carboxylic acids is 1. The predicted molar refractivity (Wildman–Crippen MR) is 128 cm³/mol. The Labute approximate surface area is 191 Å². The number of ether oxygens (including phenoxy) is 2. The highest BCUT2D eigenvalue weighted by atomic mass is 35.5. The second kappa shape index (κ2) is 9.98. The van der Waals surface area contributed by atoms with Crippen LogP contribution in [0.15, 0.2) is 90.0 Å². The van der Waals surface area contributed by atoms with Crippen LogP contribution < -0.4 is 14.9 Å². The van der Waals surface area contributed by atoms with E-state index in [1.807, 2.05) is 36.4 Å². The Morgan fingerprint density at radius 1 is 0.969 bits per heavy atom. The minimum absolute atomic E-state index is 0.343. The normalized spacial score (nSPS) is 10.9. The number of nitrogens with zero attached hydrogens (tertiary/aromatic N) is 1. The SMILES string of the molecule is COc1ccc(/C=N\NC(=O)c2cccc(Cl)c2)cc1OCc1cccc2ccccc12. The molecule has 0 saturated carbocycles. The van der Waals surface area contributed by atoms with E-state index in [0.717, 1.165) is 21.9 Å². The summed E-state index contributed by atoms with van der Waals surface area (Å²) in [6, 6.07) is 26.5. The quantitative estimate of drug-likeness (QED) is 0.287. The number of hydrogen-bond acceptors (Lipinski definition) is 4. The third-order valence-corrected chi connectivity index (χ3v) is 5.15. The summed E-state index contributed by atoms with van der Waals surface area (Å²) in [5.41, 5.74) is 4.77. The van der Waals surface area contributed by atoms with E-state index in [1.165, 1.54) is 0 Å². The molecule has 0 aliphatic heterocycles.